The standard InChI is InChI=1S/C13H20N4O2/c1-4-15-10-6-5-9(7-16-10)13(19)17-11(8(2)3)12(14)18/h5-8,11H,4H2,1-3H3,(H2,14,18)(H,15,16)(H,17,19). The van der Waals surface area contributed by atoms with Gasteiger partial charge in [-0.1, -0.05) is 13.8 Å². The molecule has 1 aromatic heterocycles. The van der Waals surface area contributed by atoms with Gasteiger partial charge in [0.25, 0.3) is 5.91 Å². The predicted molar refractivity (Wildman–Crippen MR) is 73.7 cm³/mol. The van der Waals surface area contributed by atoms with Gasteiger partial charge in [0, 0.05) is 12.7 Å². The van der Waals surface area contributed by atoms with Crippen molar-refractivity contribution in [2.45, 2.75) is 26.8 Å². The number of nitrogens with zero attached hydrogens (tertiary/aromatic N) is 1. The van der Waals surface area contributed by atoms with E-state index in [4.69, 9.17) is 5.73 Å². The number of carbonyl (C=O) groups is 2. The molecule has 0 aliphatic carbocycles. The topological polar surface area (TPSA) is 97.1 Å². The molecule has 0 aliphatic heterocycles. The Bertz CT molecular complexity index is 442. The van der Waals surface area contributed by atoms with Crippen LogP contribution in [0.25, 0.3) is 0 Å². The summed E-state index contributed by atoms with van der Waals surface area (Å²) in [5, 5.41) is 5.64. The lowest BCUT2D eigenvalue weighted by molar-refractivity contribution is -0.120. The minimum Gasteiger partial charge on any atom is -0.370 e. The molecule has 0 spiro atoms. The molecule has 0 aromatic carbocycles. The first-order valence-electron chi connectivity index (χ1n) is 6.25. The molecule has 1 unspecified atom stereocenters. The molecule has 6 nitrogen and oxygen atoms in total. The lowest BCUT2D eigenvalue weighted by Gasteiger charge is -2.18. The number of amides is 2. The fraction of sp³-hybridized carbons (Fsp3) is 0.462. The third kappa shape index (κ3) is 4.24. The largest absolute Gasteiger partial charge is 0.370 e. The van der Waals surface area contributed by atoms with Gasteiger partial charge in [0.1, 0.15) is 11.9 Å². The van der Waals surface area contributed by atoms with E-state index in [0.29, 0.717) is 11.4 Å². The van der Waals surface area contributed by atoms with Crippen molar-refractivity contribution in [1.29, 1.82) is 0 Å². The lowest BCUT2D eigenvalue weighted by atomic mass is 10.0. The molecular weight excluding hydrogens is 244 g/mol. The Kier molecular flexibility index (Phi) is 5.29. The molecule has 0 bridgehead atoms. The van der Waals surface area contributed by atoms with Crippen LogP contribution in [0.5, 0.6) is 0 Å². The number of nitrogens with one attached hydrogen (secondary N) is 2. The molecule has 1 aromatic rings. The monoisotopic (exact) mass is 264 g/mol. The molecule has 1 heterocycles. The van der Waals surface area contributed by atoms with Crippen molar-refractivity contribution in [3.8, 4) is 0 Å². The molecular formula is C13H20N4O2. The van der Waals surface area contributed by atoms with E-state index in [1.807, 2.05) is 20.8 Å². The molecule has 104 valence electrons. The van der Waals surface area contributed by atoms with Gasteiger partial charge < -0.3 is 16.4 Å². The number of carbonyl (C=O) groups excluding carboxylic acids is 2. The van der Waals surface area contributed by atoms with Crippen molar-refractivity contribution < 1.29 is 9.59 Å². The summed E-state index contributed by atoms with van der Waals surface area (Å²) in [6.45, 7) is 6.36. The van der Waals surface area contributed by atoms with Crippen LogP contribution in [0.4, 0.5) is 5.82 Å². The number of anilines is 1. The molecule has 6 heteroatoms. The second kappa shape index (κ2) is 6.72. The van der Waals surface area contributed by atoms with E-state index in [9.17, 15) is 9.59 Å². The minimum atomic E-state index is -0.680. The van der Waals surface area contributed by atoms with Crippen LogP contribution in [0.2, 0.25) is 0 Å². The third-order valence-corrected chi connectivity index (χ3v) is 2.64. The summed E-state index contributed by atoms with van der Waals surface area (Å²) in [7, 11) is 0. The van der Waals surface area contributed by atoms with E-state index in [-0.39, 0.29) is 11.8 Å². The van der Waals surface area contributed by atoms with E-state index in [1.54, 1.807) is 12.1 Å². The van der Waals surface area contributed by atoms with Gasteiger partial charge >= 0.3 is 0 Å². The average molecular weight is 264 g/mol. The highest BCUT2D eigenvalue weighted by atomic mass is 16.2. The highest BCUT2D eigenvalue weighted by Gasteiger charge is 2.22. The summed E-state index contributed by atoms with van der Waals surface area (Å²) in [4.78, 5) is 27.3. The zero-order chi connectivity index (χ0) is 14.4. The van der Waals surface area contributed by atoms with Crippen LogP contribution in [-0.4, -0.2) is 29.4 Å². The predicted octanol–water partition coefficient (Wildman–Crippen LogP) is 0.753. The number of hydrogen-bond donors (Lipinski definition) is 3. The number of rotatable bonds is 6. The van der Waals surface area contributed by atoms with Crippen LogP contribution in [0.3, 0.4) is 0 Å². The summed E-state index contributed by atoms with van der Waals surface area (Å²) in [6.07, 6.45) is 1.46. The lowest BCUT2D eigenvalue weighted by Crippen LogP contribution is -2.47. The molecule has 0 saturated heterocycles. The number of aromatic nitrogens is 1. The normalized spacial score (nSPS) is 12.0. The number of nitrogens with two attached hydrogens (primary N) is 1. The minimum absolute atomic E-state index is 0.0598. The van der Waals surface area contributed by atoms with Crippen molar-refractivity contribution in [3.63, 3.8) is 0 Å². The maximum Gasteiger partial charge on any atom is 0.253 e. The summed E-state index contributed by atoms with van der Waals surface area (Å²) in [6, 6.07) is 2.69. The van der Waals surface area contributed by atoms with Crippen molar-refractivity contribution >= 4 is 17.6 Å². The zero-order valence-electron chi connectivity index (χ0n) is 11.4. The molecule has 0 aliphatic rings. The summed E-state index contributed by atoms with van der Waals surface area (Å²) >= 11 is 0. The van der Waals surface area contributed by atoms with E-state index >= 15 is 0 Å². The molecule has 0 saturated carbocycles. The second-order valence-electron chi connectivity index (χ2n) is 4.56. The maximum atomic E-state index is 12.0. The van der Waals surface area contributed by atoms with Gasteiger partial charge in [0.05, 0.1) is 5.56 Å². The van der Waals surface area contributed by atoms with Gasteiger partial charge in [0.15, 0.2) is 0 Å². The Morgan fingerprint density at radius 3 is 2.47 bits per heavy atom. The van der Waals surface area contributed by atoms with Gasteiger partial charge in [-0.25, -0.2) is 4.98 Å². The molecule has 1 rings (SSSR count). The first kappa shape index (κ1) is 14.9. The summed E-state index contributed by atoms with van der Waals surface area (Å²) < 4.78 is 0. The van der Waals surface area contributed by atoms with E-state index in [0.717, 1.165) is 6.54 Å². The van der Waals surface area contributed by atoms with E-state index < -0.39 is 11.9 Å². The number of primary amides is 1. The van der Waals surface area contributed by atoms with Crippen molar-refractivity contribution in [2.24, 2.45) is 11.7 Å². The highest BCUT2D eigenvalue weighted by molar-refractivity contribution is 5.97. The van der Waals surface area contributed by atoms with Gasteiger partial charge in [0.2, 0.25) is 5.91 Å². The van der Waals surface area contributed by atoms with Crippen LogP contribution in [0.1, 0.15) is 31.1 Å². The Morgan fingerprint density at radius 2 is 2.05 bits per heavy atom. The van der Waals surface area contributed by atoms with Crippen molar-refractivity contribution in [2.75, 3.05) is 11.9 Å². The fourth-order valence-corrected chi connectivity index (χ4v) is 1.60. The van der Waals surface area contributed by atoms with Crippen LogP contribution in [0.15, 0.2) is 18.3 Å². The first-order chi connectivity index (χ1) is 8.95. The molecule has 0 radical (unpaired) electrons. The highest BCUT2D eigenvalue weighted by Crippen LogP contribution is 2.07. The van der Waals surface area contributed by atoms with Gasteiger partial charge in [-0.2, -0.15) is 0 Å². The van der Waals surface area contributed by atoms with Gasteiger partial charge in [-0.15, -0.1) is 0 Å². The molecule has 19 heavy (non-hydrogen) atoms. The third-order valence-electron chi connectivity index (χ3n) is 2.64. The summed E-state index contributed by atoms with van der Waals surface area (Å²) in [5.74, 6) is -0.251. The maximum absolute atomic E-state index is 12.0. The number of pyridine rings is 1. The quantitative estimate of drug-likeness (QED) is 0.706. The summed E-state index contributed by atoms with van der Waals surface area (Å²) in [5.41, 5.74) is 5.65. The fourth-order valence-electron chi connectivity index (χ4n) is 1.60. The van der Waals surface area contributed by atoms with Crippen LogP contribution < -0.4 is 16.4 Å². The Balaban J connectivity index is 2.74. The molecule has 0 fully saturated rings. The van der Waals surface area contributed by atoms with E-state index in [2.05, 4.69) is 15.6 Å². The Labute approximate surface area is 112 Å². The molecule has 1 atom stereocenters. The first-order valence-corrected chi connectivity index (χ1v) is 6.25. The van der Waals surface area contributed by atoms with Gasteiger partial charge in [-0.3, -0.25) is 9.59 Å². The Morgan fingerprint density at radius 1 is 1.37 bits per heavy atom. The van der Waals surface area contributed by atoms with Crippen molar-refractivity contribution in [3.05, 3.63) is 23.9 Å². The molecule has 4 N–H and O–H groups in total. The molecule has 2 amide bonds. The van der Waals surface area contributed by atoms with Crippen molar-refractivity contribution in [1.82, 2.24) is 10.3 Å². The second-order valence-corrected chi connectivity index (χ2v) is 4.56. The smallest absolute Gasteiger partial charge is 0.253 e. The van der Waals surface area contributed by atoms with Crippen LogP contribution >= 0.6 is 0 Å². The Hall–Kier alpha value is -2.11. The van der Waals surface area contributed by atoms with Crippen LogP contribution in [0, 0.1) is 5.92 Å². The van der Waals surface area contributed by atoms with Crippen LogP contribution in [-0.2, 0) is 4.79 Å². The average Bonchev–Trinajstić information content (AvgIpc) is 2.36. The SMILES string of the molecule is CCNc1ccc(C(=O)NC(C(N)=O)C(C)C)cn1. The van der Waals surface area contributed by atoms with Gasteiger partial charge in [-0.05, 0) is 25.0 Å². The van der Waals surface area contributed by atoms with E-state index in [1.165, 1.54) is 6.20 Å². The number of hydrogen-bond acceptors (Lipinski definition) is 4. The zero-order valence-corrected chi connectivity index (χ0v) is 11.4.